The van der Waals surface area contributed by atoms with Gasteiger partial charge in [0, 0.05) is 44.0 Å². The van der Waals surface area contributed by atoms with E-state index in [0.717, 1.165) is 45.2 Å². The molecule has 2 saturated heterocycles. The van der Waals surface area contributed by atoms with E-state index in [1.54, 1.807) is 43.3 Å². The molecule has 0 spiro atoms. The Bertz CT molecular complexity index is 1170. The van der Waals surface area contributed by atoms with E-state index in [-0.39, 0.29) is 29.8 Å². The number of allylic oxidation sites excluding steroid dienone is 1. The van der Waals surface area contributed by atoms with Crippen molar-refractivity contribution < 1.29 is 14.3 Å². The largest absolute Gasteiger partial charge is 0.495 e. The topological polar surface area (TPSA) is 124 Å². The maximum Gasteiger partial charge on any atom is 0.251 e. The molecule has 0 aromatic heterocycles. The van der Waals surface area contributed by atoms with Gasteiger partial charge in [0.1, 0.15) is 17.3 Å². The Balaban J connectivity index is 1.60. The van der Waals surface area contributed by atoms with Crippen molar-refractivity contribution in [3.8, 4) is 5.75 Å². The molecular formula is C30H43N7O3. The lowest BCUT2D eigenvalue weighted by Crippen LogP contribution is -2.44. The number of ether oxygens (including phenoxy) is 1. The van der Waals surface area contributed by atoms with E-state index in [1.165, 1.54) is 12.6 Å². The number of carbonyl (C=O) groups excluding carboxylic acids is 2. The number of hydrogen-bond acceptors (Lipinski definition) is 7. The first-order chi connectivity index (χ1) is 19.4. The number of hydrogen-bond donors (Lipinski definition) is 4. The van der Waals surface area contributed by atoms with Gasteiger partial charge in [0.15, 0.2) is 5.84 Å². The monoisotopic (exact) mass is 549 g/mol. The van der Waals surface area contributed by atoms with Crippen LogP contribution in [-0.4, -0.2) is 73.3 Å². The predicted octanol–water partition coefficient (Wildman–Crippen LogP) is 3.17. The number of nitrogens with zero attached hydrogens (tertiary/aromatic N) is 3. The number of methoxy groups -OCH3 is 1. The molecule has 1 aromatic rings. The van der Waals surface area contributed by atoms with Gasteiger partial charge in [0.05, 0.1) is 18.7 Å². The number of nitrogens with two attached hydrogens (primary N) is 1. The third-order valence-corrected chi connectivity index (χ3v) is 7.96. The van der Waals surface area contributed by atoms with Gasteiger partial charge in [-0.25, -0.2) is 4.99 Å². The molecular weight excluding hydrogens is 506 g/mol. The van der Waals surface area contributed by atoms with Crippen LogP contribution in [0.25, 0.3) is 0 Å². The Morgan fingerprint density at radius 1 is 1.27 bits per heavy atom. The van der Waals surface area contributed by atoms with Crippen LogP contribution in [-0.2, 0) is 4.79 Å². The summed E-state index contributed by atoms with van der Waals surface area (Å²) in [5, 5.41) is 9.54. The van der Waals surface area contributed by atoms with Crippen LogP contribution in [0.3, 0.4) is 0 Å². The smallest absolute Gasteiger partial charge is 0.251 e. The van der Waals surface area contributed by atoms with E-state index in [2.05, 4.69) is 34.0 Å². The maximum absolute atomic E-state index is 13.3. The number of rotatable bonds is 9. The van der Waals surface area contributed by atoms with Gasteiger partial charge in [0.25, 0.3) is 5.91 Å². The molecule has 3 aliphatic rings. The van der Waals surface area contributed by atoms with E-state index in [9.17, 15) is 9.59 Å². The molecule has 1 unspecified atom stereocenters. The van der Waals surface area contributed by atoms with E-state index >= 15 is 0 Å². The summed E-state index contributed by atoms with van der Waals surface area (Å²) in [5.74, 6) is 1.09. The zero-order chi connectivity index (χ0) is 28.6. The fourth-order valence-electron chi connectivity index (χ4n) is 5.78. The molecule has 3 fully saturated rings. The van der Waals surface area contributed by atoms with Gasteiger partial charge in [-0.3, -0.25) is 9.59 Å². The van der Waals surface area contributed by atoms with E-state index in [4.69, 9.17) is 15.5 Å². The molecule has 0 bridgehead atoms. The van der Waals surface area contributed by atoms with Gasteiger partial charge in [-0.2, -0.15) is 0 Å². The second-order valence-electron chi connectivity index (χ2n) is 10.7. The average Bonchev–Trinajstić information content (AvgIpc) is 3.45. The summed E-state index contributed by atoms with van der Waals surface area (Å²) in [4.78, 5) is 34.9. The Labute approximate surface area is 237 Å². The average molecular weight is 550 g/mol. The number of anilines is 1. The molecule has 0 radical (unpaired) electrons. The molecule has 5 N–H and O–H groups in total. The predicted molar refractivity (Wildman–Crippen MR) is 159 cm³/mol. The lowest BCUT2D eigenvalue weighted by Gasteiger charge is -2.37. The fraction of sp³-hybridized carbons (Fsp3) is 0.500. The maximum atomic E-state index is 13.3. The number of amides is 2. The molecule has 2 heterocycles. The molecule has 40 heavy (non-hydrogen) atoms. The highest BCUT2D eigenvalue weighted by Gasteiger charge is 2.37. The molecule has 2 aliphatic heterocycles. The molecule has 2 atom stereocenters. The van der Waals surface area contributed by atoms with Gasteiger partial charge in [-0.15, -0.1) is 6.58 Å². The van der Waals surface area contributed by atoms with E-state index in [0.29, 0.717) is 47.3 Å². The highest BCUT2D eigenvalue weighted by atomic mass is 16.5. The van der Waals surface area contributed by atoms with Crippen molar-refractivity contribution in [2.45, 2.75) is 57.0 Å². The van der Waals surface area contributed by atoms with Gasteiger partial charge in [-0.05, 0) is 50.4 Å². The summed E-state index contributed by atoms with van der Waals surface area (Å²) in [6.07, 6.45) is 10.3. The number of amidine groups is 1. The first-order valence-corrected chi connectivity index (χ1v) is 14.2. The molecule has 10 heteroatoms. The summed E-state index contributed by atoms with van der Waals surface area (Å²) in [7, 11) is 3.30. The van der Waals surface area contributed by atoms with Crippen molar-refractivity contribution in [1.29, 1.82) is 0 Å². The fourth-order valence-corrected chi connectivity index (χ4v) is 5.78. The quantitative estimate of drug-likeness (QED) is 0.349. The summed E-state index contributed by atoms with van der Waals surface area (Å²) < 4.78 is 5.60. The van der Waals surface area contributed by atoms with Gasteiger partial charge >= 0.3 is 0 Å². The molecule has 4 rings (SSSR count). The van der Waals surface area contributed by atoms with Gasteiger partial charge in [0.2, 0.25) is 5.91 Å². The van der Waals surface area contributed by atoms with Crippen molar-refractivity contribution in [2.24, 2.45) is 16.6 Å². The summed E-state index contributed by atoms with van der Waals surface area (Å²) in [6.45, 7) is 10.3. The van der Waals surface area contributed by atoms with Crippen LogP contribution in [0, 0.1) is 5.92 Å². The van der Waals surface area contributed by atoms with Gasteiger partial charge < -0.3 is 36.2 Å². The second kappa shape index (κ2) is 13.5. The zero-order valence-corrected chi connectivity index (χ0v) is 23.7. The van der Waals surface area contributed by atoms with Crippen LogP contribution >= 0.6 is 0 Å². The van der Waals surface area contributed by atoms with Crippen LogP contribution in [0.2, 0.25) is 0 Å². The summed E-state index contributed by atoms with van der Waals surface area (Å²) in [5.41, 5.74) is 7.80. The Kier molecular flexibility index (Phi) is 9.87. The van der Waals surface area contributed by atoms with Crippen molar-refractivity contribution in [3.63, 3.8) is 0 Å². The number of benzene rings is 1. The molecule has 1 aliphatic carbocycles. The van der Waals surface area contributed by atoms with Crippen LogP contribution in [0.4, 0.5) is 5.69 Å². The van der Waals surface area contributed by atoms with Crippen LogP contribution < -0.4 is 26.4 Å². The minimum Gasteiger partial charge on any atom is -0.495 e. The number of likely N-dealkylation sites (N-methyl/N-ethyl adjacent to an activating group) is 1. The molecule has 1 saturated carbocycles. The molecule has 2 amide bonds. The van der Waals surface area contributed by atoms with Crippen molar-refractivity contribution >= 4 is 23.3 Å². The minimum atomic E-state index is -0.243. The van der Waals surface area contributed by atoms with Crippen molar-refractivity contribution in [3.05, 3.63) is 60.7 Å². The Hall–Kier alpha value is -3.79. The van der Waals surface area contributed by atoms with Crippen molar-refractivity contribution in [1.82, 2.24) is 20.4 Å². The highest BCUT2D eigenvalue weighted by molar-refractivity contribution is 6.04. The standard InChI is InChI=1S/C30H43N7O3/c1-5-9-22-19-37(24-10-7-6-8-11-24)28(26(17-31)36(3)30(22)39)34-20(2)33-25-13-12-21(16-27(25)40-4)29(38)35-23-14-15-32-18-23/h5,12-13,16-17,22-24,32-33H,1-2,6-11,14-15,18-19,31H2,3-4H3,(H,35,38)/b26-17+,34-28?/t22?,23-/m1/s1. The SMILES string of the molecule is C=CCC1CN(C2CCCCC2)C(=NC(=C)Nc2ccc(C(=O)N[C@@H]3CCNC3)cc2OC)/C(=C\N)N(C)C1=O. The minimum absolute atomic E-state index is 0.00917. The van der Waals surface area contributed by atoms with E-state index < -0.39 is 0 Å². The lowest BCUT2D eigenvalue weighted by atomic mass is 9.93. The Morgan fingerprint density at radius 2 is 2.05 bits per heavy atom. The molecule has 216 valence electrons. The highest BCUT2D eigenvalue weighted by Crippen LogP contribution is 2.31. The first kappa shape index (κ1) is 29.2. The van der Waals surface area contributed by atoms with Crippen molar-refractivity contribution in [2.75, 3.05) is 39.1 Å². The van der Waals surface area contributed by atoms with Crippen LogP contribution in [0.5, 0.6) is 5.75 Å². The van der Waals surface area contributed by atoms with Crippen LogP contribution in [0.1, 0.15) is 55.3 Å². The second-order valence-corrected chi connectivity index (χ2v) is 10.7. The summed E-state index contributed by atoms with van der Waals surface area (Å²) >= 11 is 0. The Morgan fingerprint density at radius 3 is 2.70 bits per heavy atom. The normalized spacial score (nSPS) is 24.2. The third kappa shape index (κ3) is 6.67. The number of carbonyl (C=O) groups is 2. The number of aliphatic imine (C=N–C) groups is 1. The van der Waals surface area contributed by atoms with E-state index in [1.807, 2.05) is 0 Å². The third-order valence-electron chi connectivity index (χ3n) is 7.96. The number of nitrogens with one attached hydrogen (secondary N) is 3. The molecule has 10 nitrogen and oxygen atoms in total. The first-order valence-electron chi connectivity index (χ1n) is 14.2. The lowest BCUT2D eigenvalue weighted by molar-refractivity contribution is -0.131. The zero-order valence-electron chi connectivity index (χ0n) is 23.7. The molecule has 1 aromatic carbocycles. The summed E-state index contributed by atoms with van der Waals surface area (Å²) in [6, 6.07) is 5.62. The van der Waals surface area contributed by atoms with Crippen LogP contribution in [0.15, 0.2) is 60.1 Å². The van der Waals surface area contributed by atoms with Gasteiger partial charge in [-0.1, -0.05) is 31.9 Å².